The second-order valence-corrected chi connectivity index (χ2v) is 4.39. The van der Waals surface area contributed by atoms with E-state index in [1.165, 1.54) is 5.56 Å². The van der Waals surface area contributed by atoms with E-state index in [9.17, 15) is 0 Å². The Hall–Kier alpha value is -2.82. The molecule has 0 amide bonds. The normalized spacial score (nSPS) is 10.5. The minimum absolute atomic E-state index is 0.0753. The van der Waals surface area contributed by atoms with Crippen molar-refractivity contribution >= 4 is 12.2 Å². The molecule has 0 fully saturated rings. The first-order chi connectivity index (χ1) is 10.3. The molecule has 0 radical (unpaired) electrons. The highest BCUT2D eigenvalue weighted by Crippen LogP contribution is 2.16. The van der Waals surface area contributed by atoms with Gasteiger partial charge in [0, 0.05) is 12.0 Å². The molecular formula is C16H18N4O. The lowest BCUT2D eigenvalue weighted by Crippen LogP contribution is -2.21. The molecule has 0 aliphatic rings. The summed E-state index contributed by atoms with van der Waals surface area (Å²) < 4.78 is 5.80. The largest absolute Gasteiger partial charge is 0.493 e. The van der Waals surface area contributed by atoms with Gasteiger partial charge in [0.05, 0.1) is 12.8 Å². The van der Waals surface area contributed by atoms with Gasteiger partial charge >= 0.3 is 0 Å². The molecule has 0 spiro atoms. The monoisotopic (exact) mass is 282 g/mol. The summed E-state index contributed by atoms with van der Waals surface area (Å²) in [4.78, 5) is 0. The second kappa shape index (κ2) is 7.69. The molecule has 0 atom stereocenters. The molecule has 4 N–H and O–H groups in total. The SMILES string of the molecule is NC(N)=NN=Cc1ccccc1OCCc1ccccc1. The van der Waals surface area contributed by atoms with Crippen molar-refractivity contribution in [3.05, 3.63) is 65.7 Å². The van der Waals surface area contributed by atoms with E-state index in [-0.39, 0.29) is 5.96 Å². The zero-order valence-electron chi connectivity index (χ0n) is 11.6. The fourth-order valence-corrected chi connectivity index (χ4v) is 1.80. The zero-order chi connectivity index (χ0) is 14.9. The van der Waals surface area contributed by atoms with E-state index in [1.54, 1.807) is 6.21 Å². The average molecular weight is 282 g/mol. The number of ether oxygens (including phenoxy) is 1. The highest BCUT2D eigenvalue weighted by Gasteiger charge is 2.00. The third-order valence-corrected chi connectivity index (χ3v) is 2.78. The number of nitrogens with two attached hydrogens (primary N) is 2. The summed E-state index contributed by atoms with van der Waals surface area (Å²) in [7, 11) is 0. The molecule has 2 aromatic rings. The highest BCUT2D eigenvalue weighted by atomic mass is 16.5. The second-order valence-electron chi connectivity index (χ2n) is 4.39. The van der Waals surface area contributed by atoms with E-state index in [2.05, 4.69) is 22.3 Å². The van der Waals surface area contributed by atoms with Gasteiger partial charge in [-0.25, -0.2) is 0 Å². The first kappa shape index (κ1) is 14.6. The van der Waals surface area contributed by atoms with E-state index < -0.39 is 0 Å². The molecular weight excluding hydrogens is 264 g/mol. The lowest BCUT2D eigenvalue weighted by atomic mass is 10.2. The maximum atomic E-state index is 5.80. The molecule has 108 valence electrons. The van der Waals surface area contributed by atoms with Crippen LogP contribution in [0.15, 0.2) is 64.8 Å². The molecule has 21 heavy (non-hydrogen) atoms. The molecule has 0 bridgehead atoms. The van der Waals surface area contributed by atoms with Crippen LogP contribution in [0.25, 0.3) is 0 Å². The van der Waals surface area contributed by atoms with Gasteiger partial charge in [-0.3, -0.25) is 0 Å². The van der Waals surface area contributed by atoms with Crippen LogP contribution in [0.4, 0.5) is 0 Å². The summed E-state index contributed by atoms with van der Waals surface area (Å²) in [5.41, 5.74) is 12.5. The van der Waals surface area contributed by atoms with Crippen molar-refractivity contribution in [3.63, 3.8) is 0 Å². The predicted molar refractivity (Wildman–Crippen MR) is 85.5 cm³/mol. The summed E-state index contributed by atoms with van der Waals surface area (Å²) >= 11 is 0. The number of rotatable bonds is 6. The number of benzene rings is 2. The van der Waals surface area contributed by atoms with Crippen LogP contribution >= 0.6 is 0 Å². The minimum Gasteiger partial charge on any atom is -0.493 e. The van der Waals surface area contributed by atoms with Crippen LogP contribution in [0.2, 0.25) is 0 Å². The van der Waals surface area contributed by atoms with E-state index in [0.717, 1.165) is 17.7 Å². The van der Waals surface area contributed by atoms with Crippen LogP contribution in [-0.4, -0.2) is 18.8 Å². The Morgan fingerprint density at radius 1 is 1.00 bits per heavy atom. The summed E-state index contributed by atoms with van der Waals surface area (Å²) in [5, 5.41) is 7.38. The van der Waals surface area contributed by atoms with Gasteiger partial charge in [0.15, 0.2) is 0 Å². The Labute approximate surface area is 124 Å². The molecule has 2 rings (SSSR count). The fraction of sp³-hybridized carbons (Fsp3) is 0.125. The number of hydrogen-bond donors (Lipinski definition) is 2. The lowest BCUT2D eigenvalue weighted by Gasteiger charge is -2.08. The Morgan fingerprint density at radius 3 is 2.48 bits per heavy atom. The number of para-hydroxylation sites is 1. The summed E-state index contributed by atoms with van der Waals surface area (Å²) in [6.07, 6.45) is 2.41. The molecule has 0 unspecified atom stereocenters. The molecule has 0 aliphatic heterocycles. The van der Waals surface area contributed by atoms with Crippen LogP contribution in [0.5, 0.6) is 5.75 Å². The predicted octanol–water partition coefficient (Wildman–Crippen LogP) is 1.92. The van der Waals surface area contributed by atoms with Crippen LogP contribution in [0.3, 0.4) is 0 Å². The Bertz CT molecular complexity index is 619. The molecule has 5 heteroatoms. The standard InChI is InChI=1S/C16H18N4O/c17-16(18)20-19-12-14-8-4-5-9-15(14)21-11-10-13-6-2-1-3-7-13/h1-9,12H,10-11H2,(H4,17,18,20). The van der Waals surface area contributed by atoms with Crippen molar-refractivity contribution in [3.8, 4) is 5.75 Å². The van der Waals surface area contributed by atoms with Gasteiger partial charge in [-0.15, -0.1) is 5.10 Å². The first-order valence-electron chi connectivity index (χ1n) is 6.63. The Balaban J connectivity index is 1.97. The van der Waals surface area contributed by atoms with Gasteiger partial charge in [-0.1, -0.05) is 42.5 Å². The average Bonchev–Trinajstić information content (AvgIpc) is 2.49. The van der Waals surface area contributed by atoms with Crippen molar-refractivity contribution in [2.75, 3.05) is 6.61 Å². The van der Waals surface area contributed by atoms with E-state index in [4.69, 9.17) is 16.2 Å². The van der Waals surface area contributed by atoms with Crippen molar-refractivity contribution in [2.45, 2.75) is 6.42 Å². The van der Waals surface area contributed by atoms with Gasteiger partial charge < -0.3 is 16.2 Å². The molecule has 0 heterocycles. The van der Waals surface area contributed by atoms with Gasteiger partial charge in [0.2, 0.25) is 5.96 Å². The highest BCUT2D eigenvalue weighted by molar-refractivity contribution is 5.84. The first-order valence-corrected chi connectivity index (χ1v) is 6.63. The van der Waals surface area contributed by atoms with Gasteiger partial charge in [-0.05, 0) is 17.7 Å². The van der Waals surface area contributed by atoms with Gasteiger partial charge in [0.1, 0.15) is 5.75 Å². The van der Waals surface area contributed by atoms with Crippen molar-refractivity contribution in [1.29, 1.82) is 0 Å². The topological polar surface area (TPSA) is 86.0 Å². The summed E-state index contributed by atoms with van der Waals surface area (Å²) in [6.45, 7) is 0.594. The number of guanidine groups is 1. The van der Waals surface area contributed by atoms with E-state index in [1.807, 2.05) is 42.5 Å². The third kappa shape index (κ3) is 4.99. The third-order valence-electron chi connectivity index (χ3n) is 2.78. The minimum atomic E-state index is -0.0753. The zero-order valence-corrected chi connectivity index (χ0v) is 11.6. The van der Waals surface area contributed by atoms with Crippen molar-refractivity contribution in [2.24, 2.45) is 21.7 Å². The van der Waals surface area contributed by atoms with Crippen LogP contribution in [0, 0.1) is 0 Å². The van der Waals surface area contributed by atoms with Crippen molar-refractivity contribution < 1.29 is 4.74 Å². The maximum absolute atomic E-state index is 5.80. The molecule has 2 aromatic carbocycles. The van der Waals surface area contributed by atoms with Gasteiger partial charge in [-0.2, -0.15) is 5.10 Å². The van der Waals surface area contributed by atoms with Crippen LogP contribution < -0.4 is 16.2 Å². The summed E-state index contributed by atoms with van der Waals surface area (Å²) in [6, 6.07) is 17.8. The van der Waals surface area contributed by atoms with Crippen LogP contribution in [-0.2, 0) is 6.42 Å². The summed E-state index contributed by atoms with van der Waals surface area (Å²) in [5.74, 6) is 0.678. The van der Waals surface area contributed by atoms with Crippen molar-refractivity contribution in [1.82, 2.24) is 0 Å². The molecule has 0 saturated carbocycles. The number of nitrogens with zero attached hydrogens (tertiary/aromatic N) is 2. The lowest BCUT2D eigenvalue weighted by molar-refractivity contribution is 0.321. The molecule has 0 saturated heterocycles. The molecule has 0 aromatic heterocycles. The Kier molecular flexibility index (Phi) is 5.34. The Morgan fingerprint density at radius 2 is 1.71 bits per heavy atom. The van der Waals surface area contributed by atoms with E-state index in [0.29, 0.717) is 6.61 Å². The van der Waals surface area contributed by atoms with Crippen LogP contribution in [0.1, 0.15) is 11.1 Å². The smallest absolute Gasteiger partial charge is 0.211 e. The fourth-order valence-electron chi connectivity index (χ4n) is 1.80. The van der Waals surface area contributed by atoms with E-state index >= 15 is 0 Å². The van der Waals surface area contributed by atoms with Gasteiger partial charge in [0.25, 0.3) is 0 Å². The maximum Gasteiger partial charge on any atom is 0.211 e. The quantitative estimate of drug-likeness (QED) is 0.482. The molecule has 0 aliphatic carbocycles. The molecule has 5 nitrogen and oxygen atoms in total. The number of hydrogen-bond acceptors (Lipinski definition) is 3.